The van der Waals surface area contributed by atoms with Crippen molar-refractivity contribution in [1.29, 1.82) is 0 Å². The average molecular weight is 329 g/mol. The monoisotopic (exact) mass is 329 g/mol. The third kappa shape index (κ3) is 2.45. The normalized spacial score (nSPS) is 23.5. The molecule has 0 radical (unpaired) electrons. The average Bonchev–Trinajstić information content (AvgIpc) is 3.18. The van der Waals surface area contributed by atoms with Gasteiger partial charge in [0.15, 0.2) is 5.69 Å². The highest BCUT2D eigenvalue weighted by molar-refractivity contribution is 5.90. The van der Waals surface area contributed by atoms with E-state index in [1.54, 1.807) is 0 Å². The van der Waals surface area contributed by atoms with Crippen LogP contribution in [0.5, 0.6) is 0 Å². The van der Waals surface area contributed by atoms with Crippen molar-refractivity contribution in [3.63, 3.8) is 0 Å². The lowest BCUT2D eigenvalue weighted by Gasteiger charge is -2.37. The van der Waals surface area contributed by atoms with Crippen LogP contribution in [0.2, 0.25) is 0 Å². The maximum absolute atomic E-state index is 12.5. The number of hydrogen-bond acceptors (Lipinski definition) is 6. The summed E-state index contributed by atoms with van der Waals surface area (Å²) in [5, 5.41) is 7.81. The highest BCUT2D eigenvalue weighted by Crippen LogP contribution is 2.29. The molecule has 2 saturated heterocycles. The Balaban J connectivity index is 1.48. The Bertz CT molecular complexity index is 702. The lowest BCUT2D eigenvalue weighted by molar-refractivity contribution is 0.0994. The van der Waals surface area contributed by atoms with Gasteiger partial charge in [0.25, 0.3) is 5.91 Å². The van der Waals surface area contributed by atoms with Crippen LogP contribution >= 0.6 is 0 Å². The lowest BCUT2D eigenvalue weighted by Crippen LogP contribution is -2.50. The molecule has 2 fully saturated rings. The number of anilines is 1. The molecule has 0 aliphatic carbocycles. The van der Waals surface area contributed by atoms with Gasteiger partial charge in [-0.15, -0.1) is 10.2 Å². The van der Waals surface area contributed by atoms with E-state index < -0.39 is 5.91 Å². The second-order valence-electron chi connectivity index (χ2n) is 6.30. The minimum Gasteiger partial charge on any atom is -0.364 e. The molecule has 126 valence electrons. The molecule has 1 aromatic heterocycles. The van der Waals surface area contributed by atoms with Crippen LogP contribution in [0.1, 0.15) is 29.8 Å². The van der Waals surface area contributed by atoms with E-state index in [1.165, 1.54) is 6.20 Å². The molecule has 4 heterocycles. The molecule has 0 bridgehead atoms. The van der Waals surface area contributed by atoms with E-state index in [2.05, 4.69) is 21.3 Å². The predicted molar refractivity (Wildman–Crippen MR) is 85.1 cm³/mol. The van der Waals surface area contributed by atoms with Crippen LogP contribution in [0.3, 0.4) is 0 Å². The topological polar surface area (TPSA) is 109 Å². The molecule has 3 amide bonds. The minimum absolute atomic E-state index is 0.0505. The van der Waals surface area contributed by atoms with Gasteiger partial charge in [0.05, 0.1) is 18.8 Å². The number of urea groups is 1. The molecule has 3 aliphatic heterocycles. The summed E-state index contributed by atoms with van der Waals surface area (Å²) in [6.45, 7) is 2.97. The van der Waals surface area contributed by atoms with E-state index in [0.717, 1.165) is 38.0 Å². The highest BCUT2D eigenvalue weighted by Gasteiger charge is 2.40. The van der Waals surface area contributed by atoms with Crippen molar-refractivity contribution in [2.45, 2.75) is 25.3 Å². The summed E-state index contributed by atoms with van der Waals surface area (Å²) < 4.78 is 0. The van der Waals surface area contributed by atoms with Crippen molar-refractivity contribution in [3.05, 3.63) is 23.7 Å². The first-order valence-electron chi connectivity index (χ1n) is 8.15. The highest BCUT2D eigenvalue weighted by atomic mass is 16.2. The summed E-state index contributed by atoms with van der Waals surface area (Å²) in [6, 6.07) is 0.242. The fraction of sp³-hybridized carbons (Fsp3) is 0.533. The third-order valence-electron chi connectivity index (χ3n) is 4.81. The predicted octanol–water partition coefficient (Wildman–Crippen LogP) is -0.0355. The Kier molecular flexibility index (Phi) is 3.55. The molecule has 1 atom stereocenters. The Morgan fingerprint density at radius 3 is 2.88 bits per heavy atom. The van der Waals surface area contributed by atoms with Crippen molar-refractivity contribution in [2.75, 3.05) is 31.1 Å². The first-order chi connectivity index (χ1) is 11.6. The van der Waals surface area contributed by atoms with Crippen molar-refractivity contribution in [2.24, 2.45) is 5.73 Å². The van der Waals surface area contributed by atoms with Gasteiger partial charge in [-0.1, -0.05) is 6.08 Å². The maximum atomic E-state index is 12.5. The van der Waals surface area contributed by atoms with E-state index in [4.69, 9.17) is 5.73 Å². The van der Waals surface area contributed by atoms with Crippen LogP contribution in [0.25, 0.3) is 0 Å². The first-order valence-corrected chi connectivity index (χ1v) is 8.15. The summed E-state index contributed by atoms with van der Waals surface area (Å²) in [5.74, 6) is -0.175. The zero-order chi connectivity index (χ0) is 16.7. The van der Waals surface area contributed by atoms with Gasteiger partial charge in [0.2, 0.25) is 5.95 Å². The van der Waals surface area contributed by atoms with Crippen LogP contribution < -0.4 is 10.6 Å². The standard InChI is InChI=1S/C15H19N7O2/c16-13(23)12-7-17-14(19-18-12)20-5-1-3-10(8-20)22-9-11-4-2-6-21(11)15(22)24/h4,7,10H,1-3,5-6,8-9H2,(H2,16,23). The molecule has 1 aromatic rings. The summed E-state index contributed by atoms with van der Waals surface area (Å²) in [7, 11) is 0. The van der Waals surface area contributed by atoms with E-state index in [-0.39, 0.29) is 17.8 Å². The van der Waals surface area contributed by atoms with Crippen molar-refractivity contribution in [3.8, 4) is 0 Å². The Morgan fingerprint density at radius 1 is 1.29 bits per heavy atom. The first kappa shape index (κ1) is 14.9. The van der Waals surface area contributed by atoms with Gasteiger partial charge in [0.1, 0.15) is 0 Å². The molecular formula is C15H19N7O2. The minimum atomic E-state index is -0.644. The van der Waals surface area contributed by atoms with Gasteiger partial charge in [-0.05, 0) is 19.3 Å². The number of nitrogens with two attached hydrogens (primary N) is 1. The van der Waals surface area contributed by atoms with E-state index in [0.29, 0.717) is 19.0 Å². The van der Waals surface area contributed by atoms with Gasteiger partial charge in [-0.2, -0.15) is 0 Å². The molecule has 4 rings (SSSR count). The SMILES string of the molecule is NC(=O)c1cnc(N2CCCC(N3CC4=CCCN4C3=O)C2)nn1. The smallest absolute Gasteiger partial charge is 0.324 e. The van der Waals surface area contributed by atoms with Gasteiger partial charge >= 0.3 is 6.03 Å². The van der Waals surface area contributed by atoms with Crippen LogP contribution in [-0.4, -0.2) is 69.1 Å². The number of aromatic nitrogens is 3. The molecule has 2 N–H and O–H groups in total. The summed E-state index contributed by atoms with van der Waals surface area (Å²) in [6.07, 6.45) is 6.37. The van der Waals surface area contributed by atoms with E-state index in [1.807, 2.05) is 14.7 Å². The van der Waals surface area contributed by atoms with Crippen molar-refractivity contribution < 1.29 is 9.59 Å². The summed E-state index contributed by atoms with van der Waals surface area (Å²) in [4.78, 5) is 33.6. The number of primary amides is 1. The molecule has 9 heteroatoms. The lowest BCUT2D eigenvalue weighted by atomic mass is 10.0. The van der Waals surface area contributed by atoms with Crippen molar-refractivity contribution in [1.82, 2.24) is 25.0 Å². The van der Waals surface area contributed by atoms with Crippen LogP contribution in [0.4, 0.5) is 10.7 Å². The Labute approximate surface area is 139 Å². The number of rotatable bonds is 3. The quantitative estimate of drug-likeness (QED) is 0.834. The third-order valence-corrected chi connectivity index (χ3v) is 4.81. The summed E-state index contributed by atoms with van der Waals surface area (Å²) >= 11 is 0. The second kappa shape index (κ2) is 5.73. The zero-order valence-corrected chi connectivity index (χ0v) is 13.3. The molecule has 1 unspecified atom stereocenters. The number of amides is 3. The van der Waals surface area contributed by atoms with Gasteiger partial charge in [-0.25, -0.2) is 9.78 Å². The van der Waals surface area contributed by atoms with Gasteiger partial charge < -0.3 is 15.5 Å². The number of nitrogens with zero attached hydrogens (tertiary/aromatic N) is 6. The molecule has 3 aliphatic rings. The Morgan fingerprint density at radius 2 is 2.17 bits per heavy atom. The van der Waals surface area contributed by atoms with Gasteiger partial charge in [-0.3, -0.25) is 9.69 Å². The zero-order valence-electron chi connectivity index (χ0n) is 13.3. The number of carbonyl (C=O) groups is 2. The molecule has 24 heavy (non-hydrogen) atoms. The number of fused-ring (bicyclic) bond motifs is 1. The molecule has 0 spiro atoms. The fourth-order valence-electron chi connectivity index (χ4n) is 3.58. The fourth-order valence-corrected chi connectivity index (χ4v) is 3.58. The largest absolute Gasteiger partial charge is 0.364 e. The van der Waals surface area contributed by atoms with Crippen LogP contribution in [-0.2, 0) is 0 Å². The Hall–Kier alpha value is -2.71. The van der Waals surface area contributed by atoms with Gasteiger partial charge in [0, 0.05) is 25.3 Å². The van der Waals surface area contributed by atoms with E-state index >= 15 is 0 Å². The second-order valence-corrected chi connectivity index (χ2v) is 6.30. The molecule has 9 nitrogen and oxygen atoms in total. The molecule has 0 saturated carbocycles. The number of piperidine rings is 1. The van der Waals surface area contributed by atoms with Crippen LogP contribution in [0.15, 0.2) is 18.0 Å². The maximum Gasteiger partial charge on any atom is 0.324 e. The summed E-state index contributed by atoms with van der Waals surface area (Å²) in [5.41, 5.74) is 6.33. The van der Waals surface area contributed by atoms with Crippen LogP contribution in [0, 0.1) is 0 Å². The van der Waals surface area contributed by atoms with E-state index in [9.17, 15) is 9.59 Å². The molecular weight excluding hydrogens is 310 g/mol. The number of carbonyl (C=O) groups excluding carboxylic acids is 2. The van der Waals surface area contributed by atoms with Crippen molar-refractivity contribution >= 4 is 17.9 Å². The molecule has 0 aromatic carbocycles. The number of hydrogen-bond donors (Lipinski definition) is 1.